The van der Waals surface area contributed by atoms with E-state index in [2.05, 4.69) is 18.7 Å². The van der Waals surface area contributed by atoms with Crippen molar-refractivity contribution in [1.82, 2.24) is 4.90 Å². The quantitative estimate of drug-likeness (QED) is 0.709. The van der Waals surface area contributed by atoms with Gasteiger partial charge in [0, 0.05) is 13.1 Å². The monoisotopic (exact) mass is 211 g/mol. The second-order valence-corrected chi connectivity index (χ2v) is 5.38. The predicted octanol–water partition coefficient (Wildman–Crippen LogP) is 2.68. The van der Waals surface area contributed by atoms with Crippen LogP contribution in [0.3, 0.4) is 0 Å². The highest BCUT2D eigenvalue weighted by Gasteiger charge is 2.29. The van der Waals surface area contributed by atoms with E-state index in [4.69, 9.17) is 4.74 Å². The summed E-state index contributed by atoms with van der Waals surface area (Å²) in [5.41, 5.74) is 0. The zero-order valence-electron chi connectivity index (χ0n) is 10.2. The van der Waals surface area contributed by atoms with Crippen molar-refractivity contribution in [3.05, 3.63) is 0 Å². The average Bonchev–Trinajstić information content (AvgIpc) is 2.19. The maximum atomic E-state index is 6.10. The van der Waals surface area contributed by atoms with Crippen molar-refractivity contribution in [2.45, 2.75) is 58.2 Å². The van der Waals surface area contributed by atoms with Gasteiger partial charge in [0.2, 0.25) is 0 Å². The van der Waals surface area contributed by atoms with Gasteiger partial charge in [0.1, 0.15) is 0 Å². The largest absolute Gasteiger partial charge is 0.375 e. The van der Waals surface area contributed by atoms with Crippen molar-refractivity contribution < 1.29 is 4.74 Å². The highest BCUT2D eigenvalue weighted by atomic mass is 16.5. The molecular weight excluding hydrogens is 186 g/mol. The van der Waals surface area contributed by atoms with Gasteiger partial charge in [-0.3, -0.25) is 0 Å². The Morgan fingerprint density at radius 2 is 1.80 bits per heavy atom. The third kappa shape index (κ3) is 3.18. The molecule has 2 rings (SSSR count). The third-order valence-electron chi connectivity index (χ3n) is 3.79. The number of hydrogen-bond donors (Lipinski definition) is 0. The minimum Gasteiger partial charge on any atom is -0.375 e. The molecule has 2 fully saturated rings. The average molecular weight is 211 g/mol. The van der Waals surface area contributed by atoms with Gasteiger partial charge in [-0.15, -0.1) is 0 Å². The molecule has 1 saturated carbocycles. The molecule has 0 amide bonds. The molecule has 15 heavy (non-hydrogen) atoms. The van der Waals surface area contributed by atoms with Gasteiger partial charge in [-0.25, -0.2) is 0 Å². The van der Waals surface area contributed by atoms with Crippen LogP contribution in [0.2, 0.25) is 0 Å². The maximum Gasteiger partial charge on any atom is 0.0603 e. The van der Waals surface area contributed by atoms with E-state index >= 15 is 0 Å². The van der Waals surface area contributed by atoms with Crippen molar-refractivity contribution in [3.8, 4) is 0 Å². The lowest BCUT2D eigenvalue weighted by molar-refractivity contribution is -0.0904. The second kappa shape index (κ2) is 5.31. The van der Waals surface area contributed by atoms with E-state index < -0.39 is 0 Å². The molecule has 1 aliphatic carbocycles. The SMILES string of the molecule is CCCN1CCC(OC2CC(C)C2)CC1. The minimum absolute atomic E-state index is 0.565. The fourth-order valence-corrected chi connectivity index (χ4v) is 2.80. The highest BCUT2D eigenvalue weighted by molar-refractivity contribution is 4.80. The number of piperidine rings is 1. The molecule has 0 atom stereocenters. The van der Waals surface area contributed by atoms with Crippen molar-refractivity contribution in [2.24, 2.45) is 5.92 Å². The predicted molar refractivity (Wildman–Crippen MR) is 63.0 cm³/mol. The fourth-order valence-electron chi connectivity index (χ4n) is 2.80. The Balaban J connectivity index is 1.61. The Morgan fingerprint density at radius 1 is 1.13 bits per heavy atom. The number of ether oxygens (including phenoxy) is 1. The van der Waals surface area contributed by atoms with Gasteiger partial charge in [-0.2, -0.15) is 0 Å². The highest BCUT2D eigenvalue weighted by Crippen LogP contribution is 2.31. The van der Waals surface area contributed by atoms with Crippen molar-refractivity contribution >= 4 is 0 Å². The Kier molecular flexibility index (Phi) is 4.04. The molecule has 0 aromatic carbocycles. The van der Waals surface area contributed by atoms with Crippen LogP contribution in [-0.4, -0.2) is 36.7 Å². The molecule has 0 radical (unpaired) electrons. The fraction of sp³-hybridized carbons (Fsp3) is 1.00. The van der Waals surface area contributed by atoms with E-state index in [1.54, 1.807) is 0 Å². The van der Waals surface area contributed by atoms with E-state index in [9.17, 15) is 0 Å². The first-order chi connectivity index (χ1) is 7.28. The third-order valence-corrected chi connectivity index (χ3v) is 3.79. The lowest BCUT2D eigenvalue weighted by atomic mass is 9.84. The van der Waals surface area contributed by atoms with Crippen LogP contribution in [0, 0.1) is 5.92 Å². The van der Waals surface area contributed by atoms with Crippen LogP contribution >= 0.6 is 0 Å². The molecule has 0 aromatic heterocycles. The van der Waals surface area contributed by atoms with Crippen molar-refractivity contribution in [3.63, 3.8) is 0 Å². The van der Waals surface area contributed by atoms with E-state index in [-0.39, 0.29) is 0 Å². The van der Waals surface area contributed by atoms with Crippen LogP contribution in [0.25, 0.3) is 0 Å². The van der Waals surface area contributed by atoms with Crippen LogP contribution in [0.1, 0.15) is 46.0 Å². The molecule has 88 valence electrons. The summed E-state index contributed by atoms with van der Waals surface area (Å²) in [6.45, 7) is 8.36. The number of likely N-dealkylation sites (tertiary alicyclic amines) is 1. The number of hydrogen-bond acceptors (Lipinski definition) is 2. The van der Waals surface area contributed by atoms with E-state index in [0.717, 1.165) is 5.92 Å². The molecule has 0 aromatic rings. The molecule has 2 aliphatic rings. The van der Waals surface area contributed by atoms with Gasteiger partial charge >= 0.3 is 0 Å². The van der Waals surface area contributed by atoms with Gasteiger partial charge in [0.05, 0.1) is 12.2 Å². The first-order valence-corrected chi connectivity index (χ1v) is 6.65. The van der Waals surface area contributed by atoms with E-state index in [1.165, 1.54) is 51.7 Å². The molecule has 1 aliphatic heterocycles. The topological polar surface area (TPSA) is 12.5 Å². The molecule has 0 spiro atoms. The first-order valence-electron chi connectivity index (χ1n) is 6.65. The molecule has 2 nitrogen and oxygen atoms in total. The lowest BCUT2D eigenvalue weighted by Crippen LogP contribution is -2.41. The van der Waals surface area contributed by atoms with E-state index in [0.29, 0.717) is 12.2 Å². The Bertz CT molecular complexity index is 181. The minimum atomic E-state index is 0.565. The van der Waals surface area contributed by atoms with Gasteiger partial charge in [0.25, 0.3) is 0 Å². The van der Waals surface area contributed by atoms with Crippen LogP contribution in [0.15, 0.2) is 0 Å². The summed E-state index contributed by atoms with van der Waals surface area (Å²) in [5.74, 6) is 0.912. The van der Waals surface area contributed by atoms with Gasteiger partial charge in [0.15, 0.2) is 0 Å². The summed E-state index contributed by atoms with van der Waals surface area (Å²) in [6, 6.07) is 0. The number of rotatable bonds is 4. The summed E-state index contributed by atoms with van der Waals surface area (Å²) in [6.07, 6.45) is 7.56. The standard InChI is InChI=1S/C13H25NO/c1-3-6-14-7-4-12(5-8-14)15-13-9-11(2)10-13/h11-13H,3-10H2,1-2H3. The normalized spacial score (nSPS) is 34.0. The zero-order chi connectivity index (χ0) is 10.7. The van der Waals surface area contributed by atoms with Crippen LogP contribution in [0.4, 0.5) is 0 Å². The van der Waals surface area contributed by atoms with Crippen molar-refractivity contribution in [2.75, 3.05) is 19.6 Å². The van der Waals surface area contributed by atoms with Crippen LogP contribution in [-0.2, 0) is 4.74 Å². The summed E-state index contributed by atoms with van der Waals surface area (Å²) in [5, 5.41) is 0. The van der Waals surface area contributed by atoms with E-state index in [1.807, 2.05) is 0 Å². The summed E-state index contributed by atoms with van der Waals surface area (Å²) in [4.78, 5) is 2.57. The van der Waals surface area contributed by atoms with Crippen molar-refractivity contribution in [1.29, 1.82) is 0 Å². The molecule has 0 bridgehead atoms. The Hall–Kier alpha value is -0.0800. The summed E-state index contributed by atoms with van der Waals surface area (Å²) >= 11 is 0. The molecule has 0 N–H and O–H groups in total. The molecule has 0 unspecified atom stereocenters. The first kappa shape index (κ1) is 11.4. The van der Waals surface area contributed by atoms with Crippen LogP contribution < -0.4 is 0 Å². The molecule has 1 heterocycles. The summed E-state index contributed by atoms with van der Waals surface area (Å²) in [7, 11) is 0. The maximum absolute atomic E-state index is 6.10. The Morgan fingerprint density at radius 3 is 2.33 bits per heavy atom. The molecule has 1 saturated heterocycles. The molecule has 2 heteroatoms. The summed E-state index contributed by atoms with van der Waals surface area (Å²) < 4.78 is 6.10. The van der Waals surface area contributed by atoms with Gasteiger partial charge in [-0.1, -0.05) is 13.8 Å². The lowest BCUT2D eigenvalue weighted by Gasteiger charge is -2.38. The van der Waals surface area contributed by atoms with Gasteiger partial charge < -0.3 is 9.64 Å². The zero-order valence-corrected chi connectivity index (χ0v) is 10.2. The van der Waals surface area contributed by atoms with Crippen LogP contribution in [0.5, 0.6) is 0 Å². The second-order valence-electron chi connectivity index (χ2n) is 5.38. The smallest absolute Gasteiger partial charge is 0.0603 e. The number of nitrogens with zero attached hydrogens (tertiary/aromatic N) is 1. The van der Waals surface area contributed by atoms with Gasteiger partial charge in [-0.05, 0) is 44.6 Å². The Labute approximate surface area is 94.0 Å². The molecular formula is C13H25NO.